The van der Waals surface area contributed by atoms with Crippen LogP contribution < -0.4 is 10.5 Å². The van der Waals surface area contributed by atoms with E-state index in [2.05, 4.69) is 0 Å². The van der Waals surface area contributed by atoms with E-state index in [0.717, 1.165) is 42.8 Å². The van der Waals surface area contributed by atoms with E-state index in [9.17, 15) is 4.79 Å². The molecule has 0 aliphatic carbocycles. The first-order valence-electron chi connectivity index (χ1n) is 7.84. The smallest absolute Gasteiger partial charge is 0.260 e. The third-order valence-electron chi connectivity index (χ3n) is 3.97. The fourth-order valence-corrected chi connectivity index (χ4v) is 2.71. The van der Waals surface area contributed by atoms with Crippen LogP contribution in [0.4, 0.5) is 0 Å². The normalized spacial score (nSPS) is 17.2. The second-order valence-corrected chi connectivity index (χ2v) is 5.91. The molecule has 1 aromatic rings. The number of nitrogens with zero attached hydrogens (tertiary/aromatic N) is 1. The van der Waals surface area contributed by atoms with Gasteiger partial charge in [-0.05, 0) is 32.8 Å². The van der Waals surface area contributed by atoms with Gasteiger partial charge in [-0.2, -0.15) is 0 Å². The Morgan fingerprint density at radius 1 is 1.29 bits per heavy atom. The molecule has 21 heavy (non-hydrogen) atoms. The van der Waals surface area contributed by atoms with Crippen molar-refractivity contribution in [2.24, 2.45) is 5.73 Å². The summed E-state index contributed by atoms with van der Waals surface area (Å²) in [4.78, 5) is 14.2. The summed E-state index contributed by atoms with van der Waals surface area (Å²) in [6.07, 6.45) is 4.64. The van der Waals surface area contributed by atoms with Crippen molar-refractivity contribution in [3.05, 3.63) is 29.3 Å². The fraction of sp³-hybridized carbons (Fsp3) is 0.588. The molecule has 116 valence electrons. The van der Waals surface area contributed by atoms with Gasteiger partial charge in [-0.1, -0.05) is 30.5 Å². The van der Waals surface area contributed by atoms with Gasteiger partial charge in [-0.15, -0.1) is 0 Å². The molecule has 4 nitrogen and oxygen atoms in total. The maximum absolute atomic E-state index is 12.2. The Labute approximate surface area is 127 Å². The van der Waals surface area contributed by atoms with E-state index in [1.54, 1.807) is 0 Å². The van der Waals surface area contributed by atoms with E-state index in [-0.39, 0.29) is 18.6 Å². The predicted molar refractivity (Wildman–Crippen MR) is 84.3 cm³/mol. The van der Waals surface area contributed by atoms with Gasteiger partial charge in [-0.3, -0.25) is 4.79 Å². The van der Waals surface area contributed by atoms with Crippen molar-refractivity contribution >= 4 is 5.91 Å². The zero-order chi connectivity index (χ0) is 15.2. The Hall–Kier alpha value is -1.55. The number of ether oxygens (including phenoxy) is 1. The lowest BCUT2D eigenvalue weighted by Gasteiger charge is -2.21. The number of carbonyl (C=O) groups excluding carboxylic acids is 1. The summed E-state index contributed by atoms with van der Waals surface area (Å²) in [6.45, 7) is 5.77. The Balaban J connectivity index is 1.97. The Morgan fingerprint density at radius 3 is 2.57 bits per heavy atom. The van der Waals surface area contributed by atoms with Crippen LogP contribution in [0.3, 0.4) is 0 Å². The van der Waals surface area contributed by atoms with Gasteiger partial charge < -0.3 is 15.4 Å². The van der Waals surface area contributed by atoms with Crippen LogP contribution in [0.25, 0.3) is 0 Å². The number of likely N-dealkylation sites (tertiary alicyclic amines) is 1. The Bertz CT molecular complexity index is 478. The third-order valence-corrected chi connectivity index (χ3v) is 3.97. The number of benzene rings is 1. The number of hydrogen-bond donors (Lipinski definition) is 1. The maximum atomic E-state index is 12.2. The number of rotatable bonds is 4. The van der Waals surface area contributed by atoms with Crippen molar-refractivity contribution in [1.29, 1.82) is 0 Å². The van der Waals surface area contributed by atoms with Gasteiger partial charge in [-0.25, -0.2) is 0 Å². The Morgan fingerprint density at radius 2 is 1.95 bits per heavy atom. The fourth-order valence-electron chi connectivity index (χ4n) is 2.71. The first-order chi connectivity index (χ1) is 10.1. The molecule has 1 saturated heterocycles. The average Bonchev–Trinajstić information content (AvgIpc) is 2.74. The van der Waals surface area contributed by atoms with E-state index < -0.39 is 0 Å². The Kier molecular flexibility index (Phi) is 5.62. The number of aryl methyl sites for hydroxylation is 1. The van der Waals surface area contributed by atoms with Crippen LogP contribution in [-0.4, -0.2) is 30.5 Å². The van der Waals surface area contributed by atoms with Crippen LogP contribution >= 0.6 is 0 Å². The molecule has 1 atom stereocenters. The first kappa shape index (κ1) is 15.8. The second kappa shape index (κ2) is 7.46. The molecule has 1 fully saturated rings. The molecule has 0 spiro atoms. The minimum absolute atomic E-state index is 0.0769. The maximum Gasteiger partial charge on any atom is 0.260 e. The van der Waals surface area contributed by atoms with Crippen molar-refractivity contribution < 1.29 is 9.53 Å². The molecule has 1 amide bonds. The van der Waals surface area contributed by atoms with Crippen LogP contribution in [0.15, 0.2) is 18.2 Å². The first-order valence-corrected chi connectivity index (χ1v) is 7.84. The van der Waals surface area contributed by atoms with E-state index in [4.69, 9.17) is 10.5 Å². The van der Waals surface area contributed by atoms with Crippen molar-refractivity contribution in [3.8, 4) is 5.75 Å². The monoisotopic (exact) mass is 290 g/mol. The van der Waals surface area contributed by atoms with E-state index in [1.807, 2.05) is 36.9 Å². The topological polar surface area (TPSA) is 55.6 Å². The lowest BCUT2D eigenvalue weighted by Crippen LogP contribution is -2.35. The highest BCUT2D eigenvalue weighted by molar-refractivity contribution is 5.77. The molecular formula is C17H26N2O2. The lowest BCUT2D eigenvalue weighted by atomic mass is 10.1. The summed E-state index contributed by atoms with van der Waals surface area (Å²) in [7, 11) is 0. The zero-order valence-electron chi connectivity index (χ0n) is 13.1. The van der Waals surface area contributed by atoms with Gasteiger partial charge in [0.25, 0.3) is 5.91 Å². The van der Waals surface area contributed by atoms with Gasteiger partial charge >= 0.3 is 0 Å². The van der Waals surface area contributed by atoms with Gasteiger partial charge in [0.1, 0.15) is 5.75 Å². The molecule has 1 aromatic carbocycles. The number of nitrogens with two attached hydrogens (primary N) is 1. The highest BCUT2D eigenvalue weighted by Gasteiger charge is 2.17. The van der Waals surface area contributed by atoms with Crippen molar-refractivity contribution in [1.82, 2.24) is 4.90 Å². The van der Waals surface area contributed by atoms with E-state index in [0.29, 0.717) is 0 Å². The summed E-state index contributed by atoms with van der Waals surface area (Å²) in [6, 6.07) is 5.81. The molecule has 1 aliphatic heterocycles. The molecule has 1 heterocycles. The number of amides is 1. The second-order valence-electron chi connectivity index (χ2n) is 5.91. The molecule has 0 bridgehead atoms. The predicted octanol–water partition coefficient (Wildman–Crippen LogP) is 2.80. The lowest BCUT2D eigenvalue weighted by molar-refractivity contribution is -0.133. The van der Waals surface area contributed by atoms with Crippen molar-refractivity contribution in [2.45, 2.75) is 45.6 Å². The van der Waals surface area contributed by atoms with E-state index >= 15 is 0 Å². The minimum atomic E-state index is -0.104. The third kappa shape index (κ3) is 4.46. The van der Waals surface area contributed by atoms with E-state index in [1.165, 1.54) is 12.8 Å². The standard InChI is InChI=1S/C17H26N2O2/c1-13-7-8-16(15(11-13)14(2)18)21-12-17(20)19-9-5-3-4-6-10-19/h7-8,11,14H,3-6,9-10,12,18H2,1-2H3/t14-/m0/s1. The van der Waals surface area contributed by atoms with Gasteiger partial charge in [0.2, 0.25) is 0 Å². The summed E-state index contributed by atoms with van der Waals surface area (Å²) in [5, 5.41) is 0. The minimum Gasteiger partial charge on any atom is -0.483 e. The largest absolute Gasteiger partial charge is 0.483 e. The number of hydrogen-bond acceptors (Lipinski definition) is 3. The van der Waals surface area contributed by atoms with Crippen molar-refractivity contribution in [2.75, 3.05) is 19.7 Å². The highest BCUT2D eigenvalue weighted by Crippen LogP contribution is 2.25. The molecule has 4 heteroatoms. The molecule has 0 radical (unpaired) electrons. The van der Waals surface area contributed by atoms with Crippen LogP contribution in [0, 0.1) is 6.92 Å². The highest BCUT2D eigenvalue weighted by atomic mass is 16.5. The van der Waals surface area contributed by atoms with Crippen LogP contribution in [-0.2, 0) is 4.79 Å². The van der Waals surface area contributed by atoms with Gasteiger partial charge in [0, 0.05) is 24.7 Å². The molecule has 2 rings (SSSR count). The number of carbonyl (C=O) groups is 1. The molecule has 0 unspecified atom stereocenters. The summed E-state index contributed by atoms with van der Waals surface area (Å²) < 4.78 is 5.74. The molecule has 0 saturated carbocycles. The van der Waals surface area contributed by atoms with Crippen LogP contribution in [0.5, 0.6) is 5.75 Å². The summed E-state index contributed by atoms with van der Waals surface area (Å²) in [5.74, 6) is 0.798. The summed E-state index contributed by atoms with van der Waals surface area (Å²) in [5.41, 5.74) is 8.08. The van der Waals surface area contributed by atoms with Crippen LogP contribution in [0.1, 0.15) is 49.8 Å². The molecule has 0 aromatic heterocycles. The molecular weight excluding hydrogens is 264 g/mol. The molecule has 2 N–H and O–H groups in total. The average molecular weight is 290 g/mol. The molecule has 1 aliphatic rings. The van der Waals surface area contributed by atoms with Crippen molar-refractivity contribution in [3.63, 3.8) is 0 Å². The van der Waals surface area contributed by atoms with Crippen LogP contribution in [0.2, 0.25) is 0 Å². The summed E-state index contributed by atoms with van der Waals surface area (Å²) >= 11 is 0. The van der Waals surface area contributed by atoms with Gasteiger partial charge in [0.05, 0.1) is 0 Å². The zero-order valence-corrected chi connectivity index (χ0v) is 13.1. The SMILES string of the molecule is Cc1ccc(OCC(=O)N2CCCCCC2)c([C@H](C)N)c1. The quantitative estimate of drug-likeness (QED) is 0.927. The van der Waals surface area contributed by atoms with Gasteiger partial charge in [0.15, 0.2) is 6.61 Å².